The summed E-state index contributed by atoms with van der Waals surface area (Å²) in [6, 6.07) is 14.8. The standard InChI is InChI=1S/C24H27ClFN3/c1-3-4-5-7-10-17(2)22-23(18-11-8-6-9-12-18)29-24(28-22)27-16-19-13-14-20(26)15-21(19)25/h4-6,8-9,11-15,22-23H,2-3,7,10,16H2,1H3,(H2,27,28,29)/b5-4-/t22-,23+/m1/s1. The van der Waals surface area contributed by atoms with Crippen molar-refractivity contribution in [2.75, 3.05) is 0 Å². The van der Waals surface area contributed by atoms with Crippen LogP contribution < -0.4 is 10.6 Å². The van der Waals surface area contributed by atoms with E-state index in [1.165, 1.54) is 17.7 Å². The van der Waals surface area contributed by atoms with Gasteiger partial charge in [-0.1, -0.05) is 79.2 Å². The maximum Gasteiger partial charge on any atom is 0.192 e. The first-order valence-electron chi connectivity index (χ1n) is 9.97. The van der Waals surface area contributed by atoms with Gasteiger partial charge < -0.3 is 10.6 Å². The Morgan fingerprint density at radius 3 is 2.69 bits per heavy atom. The van der Waals surface area contributed by atoms with E-state index in [0.29, 0.717) is 17.5 Å². The second kappa shape index (κ2) is 10.3. The number of rotatable bonds is 8. The highest BCUT2D eigenvalue weighted by Gasteiger charge is 2.32. The van der Waals surface area contributed by atoms with Crippen LogP contribution in [0.2, 0.25) is 5.02 Å². The van der Waals surface area contributed by atoms with Gasteiger partial charge in [0.05, 0.1) is 18.6 Å². The molecule has 0 radical (unpaired) electrons. The van der Waals surface area contributed by atoms with Gasteiger partial charge in [-0.2, -0.15) is 0 Å². The Morgan fingerprint density at radius 2 is 1.97 bits per heavy atom. The zero-order valence-electron chi connectivity index (χ0n) is 16.7. The molecular weight excluding hydrogens is 385 g/mol. The molecule has 0 amide bonds. The molecule has 1 heterocycles. The minimum absolute atomic E-state index is 0.0508. The molecule has 1 aliphatic heterocycles. The van der Waals surface area contributed by atoms with Gasteiger partial charge in [-0.25, -0.2) is 9.38 Å². The fourth-order valence-corrected chi connectivity index (χ4v) is 3.62. The van der Waals surface area contributed by atoms with Crippen molar-refractivity contribution in [3.8, 4) is 0 Å². The minimum Gasteiger partial charge on any atom is -0.347 e. The number of hydrogen-bond donors (Lipinski definition) is 2. The van der Waals surface area contributed by atoms with Crippen molar-refractivity contribution in [1.29, 1.82) is 0 Å². The summed E-state index contributed by atoms with van der Waals surface area (Å²) >= 11 is 6.13. The Balaban J connectivity index is 1.75. The number of aliphatic imine (C=N–C) groups is 1. The average Bonchev–Trinajstić information content (AvgIpc) is 3.15. The molecule has 0 bridgehead atoms. The third-order valence-corrected chi connectivity index (χ3v) is 5.33. The fourth-order valence-electron chi connectivity index (χ4n) is 3.39. The van der Waals surface area contributed by atoms with E-state index < -0.39 is 0 Å². The lowest BCUT2D eigenvalue weighted by atomic mass is 9.93. The summed E-state index contributed by atoms with van der Waals surface area (Å²) in [7, 11) is 0. The van der Waals surface area contributed by atoms with Crippen molar-refractivity contribution in [1.82, 2.24) is 10.6 Å². The van der Waals surface area contributed by atoms with Gasteiger partial charge in [-0.05, 0) is 42.5 Å². The van der Waals surface area contributed by atoms with Gasteiger partial charge in [-0.3, -0.25) is 0 Å². The van der Waals surface area contributed by atoms with Crippen molar-refractivity contribution in [3.05, 3.63) is 94.8 Å². The van der Waals surface area contributed by atoms with Crippen molar-refractivity contribution >= 4 is 17.6 Å². The summed E-state index contributed by atoms with van der Waals surface area (Å²) in [5.74, 6) is 0.357. The molecule has 1 aliphatic rings. The second-order valence-corrected chi connectivity index (χ2v) is 7.54. The molecule has 2 aromatic rings. The Labute approximate surface area is 177 Å². The first-order chi connectivity index (χ1) is 14.1. The molecular formula is C24H27ClFN3. The SMILES string of the molecule is C=C(CC/C=C\CC)[C@H]1NC(=NCc2ccc(F)cc2Cl)N[C@H]1c1ccccc1. The fraction of sp³-hybridized carbons (Fsp3) is 0.292. The highest BCUT2D eigenvalue weighted by atomic mass is 35.5. The largest absolute Gasteiger partial charge is 0.347 e. The summed E-state index contributed by atoms with van der Waals surface area (Å²) in [5, 5.41) is 7.35. The van der Waals surface area contributed by atoms with Gasteiger partial charge in [0.25, 0.3) is 0 Å². The second-order valence-electron chi connectivity index (χ2n) is 7.13. The van der Waals surface area contributed by atoms with Crippen molar-refractivity contribution in [2.45, 2.75) is 44.8 Å². The van der Waals surface area contributed by atoms with E-state index in [2.05, 4.69) is 53.4 Å². The summed E-state index contributed by atoms with van der Waals surface area (Å²) in [6.45, 7) is 6.84. The zero-order chi connectivity index (χ0) is 20.6. The van der Waals surface area contributed by atoms with Crippen LogP contribution in [0.5, 0.6) is 0 Å². The molecule has 2 aromatic carbocycles. The smallest absolute Gasteiger partial charge is 0.192 e. The van der Waals surface area contributed by atoms with Crippen LogP contribution in [0.3, 0.4) is 0 Å². The predicted molar refractivity (Wildman–Crippen MR) is 120 cm³/mol. The third kappa shape index (κ3) is 5.70. The molecule has 1 fully saturated rings. The van der Waals surface area contributed by atoms with E-state index in [1.807, 2.05) is 18.2 Å². The van der Waals surface area contributed by atoms with Gasteiger partial charge in [0.1, 0.15) is 5.82 Å². The van der Waals surface area contributed by atoms with E-state index >= 15 is 0 Å². The summed E-state index contributed by atoms with van der Waals surface area (Å²) in [5.41, 5.74) is 3.10. The number of halogens is 2. The Hall–Kier alpha value is -2.59. The van der Waals surface area contributed by atoms with Gasteiger partial charge in [0.15, 0.2) is 5.96 Å². The topological polar surface area (TPSA) is 36.4 Å². The van der Waals surface area contributed by atoms with E-state index in [9.17, 15) is 4.39 Å². The van der Waals surface area contributed by atoms with Crippen molar-refractivity contribution < 1.29 is 4.39 Å². The lowest BCUT2D eigenvalue weighted by molar-refractivity contribution is 0.573. The van der Waals surface area contributed by atoms with Crippen LogP contribution in [0.15, 0.2) is 77.8 Å². The minimum atomic E-state index is -0.346. The number of nitrogens with zero attached hydrogens (tertiary/aromatic N) is 1. The van der Waals surface area contributed by atoms with E-state index in [1.54, 1.807) is 6.07 Å². The van der Waals surface area contributed by atoms with Crippen molar-refractivity contribution in [2.24, 2.45) is 4.99 Å². The third-order valence-electron chi connectivity index (χ3n) is 4.97. The Morgan fingerprint density at radius 1 is 1.17 bits per heavy atom. The van der Waals surface area contributed by atoms with Crippen LogP contribution in [-0.4, -0.2) is 12.0 Å². The highest BCUT2D eigenvalue weighted by molar-refractivity contribution is 6.31. The molecule has 0 aliphatic carbocycles. The Kier molecular flexibility index (Phi) is 7.48. The maximum absolute atomic E-state index is 13.3. The van der Waals surface area contributed by atoms with Crippen LogP contribution in [0, 0.1) is 5.82 Å². The van der Waals surface area contributed by atoms with Crippen LogP contribution in [0.1, 0.15) is 43.4 Å². The highest BCUT2D eigenvalue weighted by Crippen LogP contribution is 2.27. The molecule has 29 heavy (non-hydrogen) atoms. The normalized spacial score (nSPS) is 20.0. The van der Waals surface area contributed by atoms with E-state index in [0.717, 1.165) is 30.4 Å². The maximum atomic E-state index is 13.3. The molecule has 3 rings (SSSR count). The molecule has 2 atom stereocenters. The number of guanidine groups is 1. The molecule has 0 saturated carbocycles. The van der Waals surface area contributed by atoms with Crippen LogP contribution in [0.25, 0.3) is 0 Å². The molecule has 0 spiro atoms. The number of benzene rings is 2. The number of hydrogen-bond acceptors (Lipinski definition) is 1. The van der Waals surface area contributed by atoms with E-state index in [-0.39, 0.29) is 17.9 Å². The first kappa shape index (κ1) is 21.1. The zero-order valence-corrected chi connectivity index (χ0v) is 17.4. The van der Waals surface area contributed by atoms with Crippen LogP contribution in [-0.2, 0) is 6.54 Å². The molecule has 0 aromatic heterocycles. The summed E-state index contributed by atoms with van der Waals surface area (Å²) < 4.78 is 13.3. The summed E-state index contributed by atoms with van der Waals surface area (Å²) in [6.07, 6.45) is 7.32. The lowest BCUT2D eigenvalue weighted by Crippen LogP contribution is -2.30. The Bertz CT molecular complexity index is 892. The lowest BCUT2D eigenvalue weighted by Gasteiger charge is -2.21. The quantitative estimate of drug-likeness (QED) is 0.527. The van der Waals surface area contributed by atoms with Gasteiger partial charge in [-0.15, -0.1) is 0 Å². The van der Waals surface area contributed by atoms with Crippen molar-refractivity contribution in [3.63, 3.8) is 0 Å². The van der Waals surface area contributed by atoms with Gasteiger partial charge in [0.2, 0.25) is 0 Å². The molecule has 2 N–H and O–H groups in total. The first-order valence-corrected chi connectivity index (χ1v) is 10.4. The predicted octanol–water partition coefficient (Wildman–Crippen LogP) is 5.94. The summed E-state index contributed by atoms with van der Waals surface area (Å²) in [4.78, 5) is 4.63. The average molecular weight is 412 g/mol. The number of allylic oxidation sites excluding steroid dienone is 2. The van der Waals surface area contributed by atoms with Gasteiger partial charge in [0, 0.05) is 5.02 Å². The van der Waals surface area contributed by atoms with Crippen LogP contribution in [0.4, 0.5) is 4.39 Å². The monoisotopic (exact) mass is 411 g/mol. The molecule has 5 heteroatoms. The van der Waals surface area contributed by atoms with E-state index in [4.69, 9.17) is 11.6 Å². The van der Waals surface area contributed by atoms with Gasteiger partial charge >= 0.3 is 0 Å². The van der Waals surface area contributed by atoms with Crippen LogP contribution >= 0.6 is 11.6 Å². The molecule has 152 valence electrons. The molecule has 0 unspecified atom stereocenters. The molecule has 3 nitrogen and oxygen atoms in total. The molecule has 1 saturated heterocycles. The number of nitrogens with one attached hydrogen (secondary N) is 2.